The standard InChI is InChI=1S/C16H16FNO3/c1-10(18)14-7-6-13(17)8-15(14)21-9-11-2-4-12(5-3-11)16(19)20/h2-8,10H,9,18H2,1H3,(H,19,20). The van der Waals surface area contributed by atoms with Crippen LogP contribution in [0.15, 0.2) is 42.5 Å². The molecule has 0 saturated heterocycles. The number of rotatable bonds is 5. The maximum absolute atomic E-state index is 13.3. The van der Waals surface area contributed by atoms with Gasteiger partial charge in [0.05, 0.1) is 5.56 Å². The van der Waals surface area contributed by atoms with Crippen LogP contribution in [0, 0.1) is 5.82 Å². The monoisotopic (exact) mass is 289 g/mol. The summed E-state index contributed by atoms with van der Waals surface area (Å²) in [6.07, 6.45) is 0. The number of nitrogens with two attached hydrogens (primary N) is 1. The first-order valence-corrected chi connectivity index (χ1v) is 6.47. The highest BCUT2D eigenvalue weighted by Gasteiger charge is 2.10. The van der Waals surface area contributed by atoms with E-state index in [1.807, 2.05) is 0 Å². The molecular weight excluding hydrogens is 273 g/mol. The van der Waals surface area contributed by atoms with Crippen LogP contribution in [0.2, 0.25) is 0 Å². The van der Waals surface area contributed by atoms with E-state index in [1.54, 1.807) is 25.1 Å². The van der Waals surface area contributed by atoms with Crippen molar-refractivity contribution in [3.8, 4) is 5.75 Å². The van der Waals surface area contributed by atoms with Gasteiger partial charge in [-0.3, -0.25) is 0 Å². The molecule has 5 heteroatoms. The zero-order valence-electron chi connectivity index (χ0n) is 11.5. The molecule has 0 aromatic heterocycles. The fourth-order valence-corrected chi connectivity index (χ4v) is 1.91. The van der Waals surface area contributed by atoms with E-state index >= 15 is 0 Å². The minimum Gasteiger partial charge on any atom is -0.488 e. The molecule has 3 N–H and O–H groups in total. The van der Waals surface area contributed by atoms with Gasteiger partial charge in [0, 0.05) is 17.7 Å². The third-order valence-electron chi connectivity index (χ3n) is 3.06. The van der Waals surface area contributed by atoms with Gasteiger partial charge >= 0.3 is 5.97 Å². The number of ether oxygens (including phenoxy) is 1. The van der Waals surface area contributed by atoms with Crippen molar-refractivity contribution in [2.45, 2.75) is 19.6 Å². The van der Waals surface area contributed by atoms with Crippen molar-refractivity contribution >= 4 is 5.97 Å². The van der Waals surface area contributed by atoms with Crippen molar-refractivity contribution in [2.75, 3.05) is 0 Å². The minimum absolute atomic E-state index is 0.209. The quantitative estimate of drug-likeness (QED) is 0.887. The smallest absolute Gasteiger partial charge is 0.335 e. The Hall–Kier alpha value is -2.40. The topological polar surface area (TPSA) is 72.5 Å². The van der Waals surface area contributed by atoms with Crippen LogP contribution >= 0.6 is 0 Å². The van der Waals surface area contributed by atoms with Crippen LogP contribution in [-0.4, -0.2) is 11.1 Å². The predicted molar refractivity (Wildman–Crippen MR) is 76.7 cm³/mol. The lowest BCUT2D eigenvalue weighted by atomic mass is 10.1. The Morgan fingerprint density at radius 3 is 2.52 bits per heavy atom. The van der Waals surface area contributed by atoms with E-state index < -0.39 is 11.8 Å². The summed E-state index contributed by atoms with van der Waals surface area (Å²) >= 11 is 0. The maximum atomic E-state index is 13.3. The molecule has 0 fully saturated rings. The summed E-state index contributed by atoms with van der Waals surface area (Å²) in [5.41, 5.74) is 7.54. The van der Waals surface area contributed by atoms with Crippen LogP contribution in [0.1, 0.15) is 34.5 Å². The molecule has 0 saturated carbocycles. The Labute approximate surface area is 122 Å². The molecule has 2 rings (SSSR count). The van der Waals surface area contributed by atoms with Crippen molar-refractivity contribution in [3.63, 3.8) is 0 Å². The van der Waals surface area contributed by atoms with Crippen LogP contribution < -0.4 is 10.5 Å². The third kappa shape index (κ3) is 3.79. The molecule has 0 bridgehead atoms. The van der Waals surface area contributed by atoms with Gasteiger partial charge in [-0.2, -0.15) is 0 Å². The number of carbonyl (C=O) groups is 1. The lowest BCUT2D eigenvalue weighted by molar-refractivity contribution is 0.0697. The fourth-order valence-electron chi connectivity index (χ4n) is 1.91. The molecule has 0 radical (unpaired) electrons. The van der Waals surface area contributed by atoms with Crippen molar-refractivity contribution in [1.82, 2.24) is 0 Å². The number of carboxylic acids is 1. The number of carboxylic acid groups (broad SMARTS) is 1. The van der Waals surface area contributed by atoms with Crippen LogP contribution in [0.5, 0.6) is 5.75 Å². The van der Waals surface area contributed by atoms with E-state index in [9.17, 15) is 9.18 Å². The molecule has 2 aromatic rings. The summed E-state index contributed by atoms with van der Waals surface area (Å²) < 4.78 is 18.9. The largest absolute Gasteiger partial charge is 0.488 e. The van der Waals surface area contributed by atoms with E-state index in [2.05, 4.69) is 0 Å². The molecule has 2 aromatic carbocycles. The molecule has 0 spiro atoms. The Morgan fingerprint density at radius 2 is 1.95 bits per heavy atom. The summed E-state index contributed by atoms with van der Waals surface area (Å²) in [6, 6.07) is 10.3. The SMILES string of the molecule is CC(N)c1ccc(F)cc1OCc1ccc(C(=O)O)cc1. The van der Waals surface area contributed by atoms with Gasteiger partial charge in [-0.1, -0.05) is 18.2 Å². The second-order valence-electron chi connectivity index (χ2n) is 4.76. The number of hydrogen-bond acceptors (Lipinski definition) is 3. The van der Waals surface area contributed by atoms with Crippen LogP contribution in [0.3, 0.4) is 0 Å². The predicted octanol–water partition coefficient (Wildman–Crippen LogP) is 3.12. The van der Waals surface area contributed by atoms with Gasteiger partial charge in [0.2, 0.25) is 0 Å². The van der Waals surface area contributed by atoms with Crippen molar-refractivity contribution in [3.05, 3.63) is 65.0 Å². The summed E-state index contributed by atoms with van der Waals surface area (Å²) in [4.78, 5) is 10.8. The van der Waals surface area contributed by atoms with Gasteiger partial charge in [0.1, 0.15) is 18.2 Å². The highest BCUT2D eigenvalue weighted by Crippen LogP contribution is 2.25. The molecule has 0 aliphatic rings. The summed E-state index contributed by atoms with van der Waals surface area (Å²) in [5, 5.41) is 8.82. The normalized spacial score (nSPS) is 12.0. The first-order chi connectivity index (χ1) is 9.97. The van der Waals surface area contributed by atoms with Crippen molar-refractivity contribution < 1.29 is 19.0 Å². The number of aromatic carboxylic acids is 1. The Kier molecular flexibility index (Phi) is 4.55. The first kappa shape index (κ1) is 15.0. The Bertz CT molecular complexity index is 638. The zero-order valence-corrected chi connectivity index (χ0v) is 11.5. The fraction of sp³-hybridized carbons (Fsp3) is 0.188. The van der Waals surface area contributed by atoms with E-state index in [0.717, 1.165) is 11.1 Å². The van der Waals surface area contributed by atoms with Gasteiger partial charge in [-0.05, 0) is 30.7 Å². The molecule has 110 valence electrons. The van der Waals surface area contributed by atoms with Gasteiger partial charge in [0.25, 0.3) is 0 Å². The number of benzene rings is 2. The molecule has 4 nitrogen and oxygen atoms in total. The second-order valence-corrected chi connectivity index (χ2v) is 4.76. The molecule has 0 amide bonds. The highest BCUT2D eigenvalue weighted by molar-refractivity contribution is 5.87. The molecule has 1 atom stereocenters. The average molecular weight is 289 g/mol. The van der Waals surface area contributed by atoms with Gasteiger partial charge < -0.3 is 15.6 Å². The van der Waals surface area contributed by atoms with E-state index in [0.29, 0.717) is 5.75 Å². The molecule has 0 heterocycles. The molecule has 1 unspecified atom stereocenters. The Morgan fingerprint density at radius 1 is 1.29 bits per heavy atom. The lowest BCUT2D eigenvalue weighted by Crippen LogP contribution is -2.08. The number of hydrogen-bond donors (Lipinski definition) is 2. The van der Waals surface area contributed by atoms with E-state index in [1.165, 1.54) is 24.3 Å². The van der Waals surface area contributed by atoms with Gasteiger partial charge in [0.15, 0.2) is 0 Å². The van der Waals surface area contributed by atoms with Gasteiger partial charge in [-0.25, -0.2) is 9.18 Å². The summed E-state index contributed by atoms with van der Waals surface area (Å²) in [5.74, 6) is -0.977. The van der Waals surface area contributed by atoms with Crippen LogP contribution in [-0.2, 0) is 6.61 Å². The number of halogens is 1. The highest BCUT2D eigenvalue weighted by atomic mass is 19.1. The molecule has 0 aliphatic heterocycles. The van der Waals surface area contributed by atoms with E-state index in [4.69, 9.17) is 15.6 Å². The van der Waals surface area contributed by atoms with Crippen LogP contribution in [0.25, 0.3) is 0 Å². The maximum Gasteiger partial charge on any atom is 0.335 e. The summed E-state index contributed by atoms with van der Waals surface area (Å²) in [7, 11) is 0. The summed E-state index contributed by atoms with van der Waals surface area (Å²) in [6.45, 7) is 2.00. The lowest BCUT2D eigenvalue weighted by Gasteiger charge is -2.14. The second kappa shape index (κ2) is 6.37. The van der Waals surface area contributed by atoms with Crippen molar-refractivity contribution in [1.29, 1.82) is 0 Å². The van der Waals surface area contributed by atoms with E-state index in [-0.39, 0.29) is 18.2 Å². The first-order valence-electron chi connectivity index (χ1n) is 6.47. The van der Waals surface area contributed by atoms with Gasteiger partial charge in [-0.15, -0.1) is 0 Å². The third-order valence-corrected chi connectivity index (χ3v) is 3.06. The minimum atomic E-state index is -0.980. The van der Waals surface area contributed by atoms with Crippen molar-refractivity contribution in [2.24, 2.45) is 5.73 Å². The molecule has 21 heavy (non-hydrogen) atoms. The zero-order chi connectivity index (χ0) is 15.4. The molecule has 0 aliphatic carbocycles. The Balaban J connectivity index is 2.12. The molecular formula is C16H16FNO3. The van der Waals surface area contributed by atoms with Crippen LogP contribution in [0.4, 0.5) is 4.39 Å². The average Bonchev–Trinajstić information content (AvgIpc) is 2.45.